The summed E-state index contributed by atoms with van der Waals surface area (Å²) in [6.45, 7) is 10.1. The molecule has 210 valence electrons. The Morgan fingerprint density at radius 2 is 1.82 bits per heavy atom. The number of amides is 2. The van der Waals surface area contributed by atoms with E-state index in [0.717, 1.165) is 49.8 Å². The van der Waals surface area contributed by atoms with E-state index in [-0.39, 0.29) is 17.6 Å². The fourth-order valence-electron chi connectivity index (χ4n) is 4.38. The number of benzene rings is 2. The quantitative estimate of drug-likeness (QED) is 0.317. The first-order chi connectivity index (χ1) is 18.7. The van der Waals surface area contributed by atoms with Gasteiger partial charge in [0.1, 0.15) is 18.1 Å². The van der Waals surface area contributed by atoms with Gasteiger partial charge in [-0.05, 0) is 61.1 Å². The molecule has 3 N–H and O–H groups in total. The molecule has 0 atom stereocenters. The Bertz CT molecular complexity index is 1230. The first-order valence-electron chi connectivity index (χ1n) is 13.5. The summed E-state index contributed by atoms with van der Waals surface area (Å²) in [5.41, 5.74) is 1.58. The molecule has 2 aromatic carbocycles. The Morgan fingerprint density at radius 3 is 2.51 bits per heavy atom. The van der Waals surface area contributed by atoms with Gasteiger partial charge in [-0.15, -0.1) is 0 Å². The number of fused-ring (bicyclic) bond motifs is 1. The van der Waals surface area contributed by atoms with Crippen LogP contribution in [-0.2, 0) is 0 Å². The van der Waals surface area contributed by atoms with E-state index < -0.39 is 0 Å². The lowest BCUT2D eigenvalue weighted by Gasteiger charge is -2.29. The normalized spacial score (nSPS) is 14.7. The summed E-state index contributed by atoms with van der Waals surface area (Å²) in [6, 6.07) is 12.6. The van der Waals surface area contributed by atoms with Gasteiger partial charge in [-0.3, -0.25) is 9.88 Å². The highest BCUT2D eigenvalue weighted by molar-refractivity contribution is 5.89. The molecule has 39 heavy (non-hydrogen) atoms. The second kappa shape index (κ2) is 13.0. The van der Waals surface area contributed by atoms with Crippen LogP contribution in [0.1, 0.15) is 40.0 Å². The van der Waals surface area contributed by atoms with Crippen molar-refractivity contribution in [3.63, 3.8) is 0 Å². The zero-order chi connectivity index (χ0) is 27.8. The number of piperidine rings is 1. The third-order valence-electron chi connectivity index (χ3n) is 6.71. The zero-order valence-electron chi connectivity index (χ0n) is 23.3. The maximum atomic E-state index is 12.2. The maximum absolute atomic E-state index is 12.2. The van der Waals surface area contributed by atoms with Crippen LogP contribution in [0.2, 0.25) is 0 Å². The van der Waals surface area contributed by atoms with E-state index in [9.17, 15) is 9.90 Å². The standard InChI is InChI=1S/C30H40N4O5/c1-30(2,3)12-14-32-29(36)33-21-5-7-23(8-6-21)39-26-9-13-31-25-20-28(27(37-4)19-24(25)26)38-18-17-34-15-10-22(35)11-16-34/h5-9,13,19-20,22,35H,10-12,14-18H2,1-4H3,(H2,32,33,36). The van der Waals surface area contributed by atoms with Gasteiger partial charge in [0.15, 0.2) is 11.5 Å². The molecule has 1 aliphatic heterocycles. The molecule has 0 bridgehead atoms. The van der Waals surface area contributed by atoms with Crippen molar-refractivity contribution in [3.05, 3.63) is 48.7 Å². The molecular formula is C30H40N4O5. The SMILES string of the molecule is COc1cc2c(Oc3ccc(NC(=O)NCCC(C)(C)C)cc3)ccnc2cc1OCCN1CCC(O)CC1. The Balaban J connectivity index is 1.37. The Morgan fingerprint density at radius 1 is 1.08 bits per heavy atom. The fourth-order valence-corrected chi connectivity index (χ4v) is 4.38. The number of aliphatic hydroxyl groups excluding tert-OH is 1. The minimum absolute atomic E-state index is 0.168. The number of nitrogens with zero attached hydrogens (tertiary/aromatic N) is 2. The predicted molar refractivity (Wildman–Crippen MR) is 153 cm³/mol. The van der Waals surface area contributed by atoms with Crippen LogP contribution in [0, 0.1) is 5.41 Å². The van der Waals surface area contributed by atoms with Crippen molar-refractivity contribution in [1.29, 1.82) is 0 Å². The lowest BCUT2D eigenvalue weighted by Crippen LogP contribution is -2.38. The van der Waals surface area contributed by atoms with Gasteiger partial charge in [0.05, 0.1) is 18.7 Å². The molecule has 4 rings (SSSR count). The molecular weight excluding hydrogens is 496 g/mol. The van der Waals surface area contributed by atoms with Crippen molar-refractivity contribution in [2.75, 3.05) is 45.2 Å². The van der Waals surface area contributed by atoms with Crippen molar-refractivity contribution < 1.29 is 24.1 Å². The summed E-state index contributed by atoms with van der Waals surface area (Å²) < 4.78 is 17.8. The summed E-state index contributed by atoms with van der Waals surface area (Å²) in [5.74, 6) is 2.50. The maximum Gasteiger partial charge on any atom is 0.319 e. The number of rotatable bonds is 10. The number of ether oxygens (including phenoxy) is 3. The van der Waals surface area contributed by atoms with Crippen LogP contribution in [0.5, 0.6) is 23.0 Å². The summed E-state index contributed by atoms with van der Waals surface area (Å²) >= 11 is 0. The van der Waals surface area contributed by atoms with E-state index in [1.807, 2.05) is 30.3 Å². The third kappa shape index (κ3) is 8.46. The Labute approximate surface area is 230 Å². The number of anilines is 1. The van der Waals surface area contributed by atoms with E-state index in [1.54, 1.807) is 25.4 Å². The predicted octanol–water partition coefficient (Wildman–Crippen LogP) is 5.43. The largest absolute Gasteiger partial charge is 0.493 e. The molecule has 9 heteroatoms. The number of carbonyl (C=O) groups excluding carboxylic acids is 1. The highest BCUT2D eigenvalue weighted by atomic mass is 16.5. The number of aromatic nitrogens is 1. The number of likely N-dealkylation sites (tertiary alicyclic amines) is 1. The summed E-state index contributed by atoms with van der Waals surface area (Å²) in [6.07, 6.45) is 4.02. The molecule has 1 fully saturated rings. The van der Waals surface area contributed by atoms with E-state index in [0.29, 0.717) is 41.8 Å². The van der Waals surface area contributed by atoms with Crippen molar-refractivity contribution in [1.82, 2.24) is 15.2 Å². The number of aliphatic hydroxyl groups is 1. The van der Waals surface area contributed by atoms with Gasteiger partial charge < -0.3 is 30.0 Å². The minimum Gasteiger partial charge on any atom is -0.493 e. The van der Waals surface area contributed by atoms with Crippen LogP contribution in [0.25, 0.3) is 10.9 Å². The highest BCUT2D eigenvalue weighted by Gasteiger charge is 2.17. The number of urea groups is 1. The van der Waals surface area contributed by atoms with Crippen molar-refractivity contribution in [2.45, 2.75) is 46.1 Å². The lowest BCUT2D eigenvalue weighted by molar-refractivity contribution is 0.0753. The summed E-state index contributed by atoms with van der Waals surface area (Å²) in [7, 11) is 1.61. The van der Waals surface area contributed by atoms with Gasteiger partial charge in [0, 0.05) is 49.5 Å². The number of carbonyl (C=O) groups is 1. The van der Waals surface area contributed by atoms with Crippen LogP contribution in [0.15, 0.2) is 48.7 Å². The van der Waals surface area contributed by atoms with Gasteiger partial charge in [-0.1, -0.05) is 20.8 Å². The Hall–Kier alpha value is -3.56. The second-order valence-corrected chi connectivity index (χ2v) is 11.1. The van der Waals surface area contributed by atoms with Crippen LogP contribution in [0.4, 0.5) is 10.5 Å². The van der Waals surface area contributed by atoms with Gasteiger partial charge in [0.2, 0.25) is 0 Å². The van der Waals surface area contributed by atoms with Crippen molar-refractivity contribution >= 4 is 22.6 Å². The van der Waals surface area contributed by atoms with Crippen LogP contribution in [0.3, 0.4) is 0 Å². The third-order valence-corrected chi connectivity index (χ3v) is 6.71. The van der Waals surface area contributed by atoms with Gasteiger partial charge >= 0.3 is 6.03 Å². The molecule has 0 aliphatic carbocycles. The lowest BCUT2D eigenvalue weighted by atomic mass is 9.92. The zero-order valence-corrected chi connectivity index (χ0v) is 23.3. The van der Waals surface area contributed by atoms with Crippen LogP contribution < -0.4 is 24.8 Å². The van der Waals surface area contributed by atoms with Crippen molar-refractivity contribution in [2.24, 2.45) is 5.41 Å². The second-order valence-electron chi connectivity index (χ2n) is 11.1. The van der Waals surface area contributed by atoms with Gasteiger partial charge in [-0.25, -0.2) is 4.79 Å². The minimum atomic E-state index is -0.229. The molecule has 1 aliphatic rings. The number of hydrogen-bond donors (Lipinski definition) is 3. The average Bonchev–Trinajstić information content (AvgIpc) is 2.90. The number of nitrogens with one attached hydrogen (secondary N) is 2. The summed E-state index contributed by atoms with van der Waals surface area (Å²) in [5, 5.41) is 16.2. The topological polar surface area (TPSA) is 105 Å². The van der Waals surface area contributed by atoms with E-state index in [4.69, 9.17) is 14.2 Å². The molecule has 1 saturated heterocycles. The summed E-state index contributed by atoms with van der Waals surface area (Å²) in [4.78, 5) is 19.0. The number of hydrogen-bond acceptors (Lipinski definition) is 7. The first-order valence-corrected chi connectivity index (χ1v) is 13.5. The molecule has 2 amide bonds. The fraction of sp³-hybridized carbons (Fsp3) is 0.467. The molecule has 0 unspecified atom stereocenters. The van der Waals surface area contributed by atoms with Gasteiger partial charge in [-0.2, -0.15) is 0 Å². The van der Waals surface area contributed by atoms with E-state index in [1.165, 1.54) is 0 Å². The molecule has 9 nitrogen and oxygen atoms in total. The smallest absolute Gasteiger partial charge is 0.319 e. The molecule has 0 spiro atoms. The first kappa shape index (κ1) is 28.4. The number of pyridine rings is 1. The highest BCUT2D eigenvalue weighted by Crippen LogP contribution is 2.37. The van der Waals surface area contributed by atoms with Crippen LogP contribution in [-0.4, -0.2) is 67.0 Å². The monoisotopic (exact) mass is 536 g/mol. The van der Waals surface area contributed by atoms with Crippen molar-refractivity contribution in [3.8, 4) is 23.0 Å². The number of methoxy groups -OCH3 is 1. The van der Waals surface area contributed by atoms with Crippen LogP contribution >= 0.6 is 0 Å². The average molecular weight is 537 g/mol. The van der Waals surface area contributed by atoms with E-state index >= 15 is 0 Å². The Kier molecular flexibility index (Phi) is 9.48. The van der Waals surface area contributed by atoms with E-state index in [2.05, 4.69) is 41.3 Å². The molecule has 0 radical (unpaired) electrons. The molecule has 2 heterocycles. The molecule has 0 saturated carbocycles. The van der Waals surface area contributed by atoms with Gasteiger partial charge in [0.25, 0.3) is 0 Å². The molecule has 1 aromatic heterocycles. The molecule has 3 aromatic rings.